The van der Waals surface area contributed by atoms with E-state index in [1.54, 1.807) is 4.90 Å². The molecule has 1 saturated heterocycles. The number of piperidine rings is 1. The van der Waals surface area contributed by atoms with E-state index >= 15 is 0 Å². The van der Waals surface area contributed by atoms with Gasteiger partial charge in [0.05, 0.1) is 6.61 Å². The largest absolute Gasteiger partial charge is 0.450 e. The smallest absolute Gasteiger partial charge is 0.409 e. The first-order chi connectivity index (χ1) is 7.77. The van der Waals surface area contributed by atoms with Crippen LogP contribution in [0.2, 0.25) is 0 Å². The van der Waals surface area contributed by atoms with Crippen molar-refractivity contribution in [3.8, 4) is 12.3 Å². The molecular weight excluding hydrogens is 204 g/mol. The van der Waals surface area contributed by atoms with E-state index < -0.39 is 0 Å². The summed E-state index contributed by atoms with van der Waals surface area (Å²) in [5.74, 6) is 2.60. The Balaban J connectivity index is 2.18. The number of hydrogen-bond acceptors (Lipinski definition) is 3. The van der Waals surface area contributed by atoms with Gasteiger partial charge in [0.15, 0.2) is 0 Å². The molecule has 0 bridgehead atoms. The molecule has 0 aromatic carbocycles. The Morgan fingerprint density at radius 2 is 2.25 bits per heavy atom. The molecule has 0 spiro atoms. The summed E-state index contributed by atoms with van der Waals surface area (Å²) in [4.78, 5) is 13.2. The van der Waals surface area contributed by atoms with E-state index in [0.717, 1.165) is 38.9 Å². The van der Waals surface area contributed by atoms with Crippen molar-refractivity contribution in [2.75, 3.05) is 26.2 Å². The molecule has 1 aliphatic heterocycles. The monoisotopic (exact) mass is 224 g/mol. The first kappa shape index (κ1) is 12.9. The average molecular weight is 224 g/mol. The highest BCUT2D eigenvalue weighted by atomic mass is 16.6. The minimum absolute atomic E-state index is 0.190. The molecule has 0 aromatic heterocycles. The molecule has 1 rings (SSSR count). The van der Waals surface area contributed by atoms with Crippen molar-refractivity contribution in [3.63, 3.8) is 0 Å². The van der Waals surface area contributed by atoms with Crippen LogP contribution in [0.25, 0.3) is 0 Å². The van der Waals surface area contributed by atoms with Gasteiger partial charge in [-0.05, 0) is 19.8 Å². The molecule has 1 fully saturated rings. The summed E-state index contributed by atoms with van der Waals surface area (Å²) in [5.41, 5.74) is 0. The SMILES string of the molecule is C#CCCNC1CCN(C(=O)OCC)CC1. The molecule has 90 valence electrons. The maximum Gasteiger partial charge on any atom is 0.409 e. The number of terminal acetylenes is 1. The van der Waals surface area contributed by atoms with E-state index in [2.05, 4.69) is 11.2 Å². The zero-order valence-electron chi connectivity index (χ0n) is 9.87. The minimum atomic E-state index is -0.190. The van der Waals surface area contributed by atoms with Crippen LogP contribution in [0.1, 0.15) is 26.2 Å². The lowest BCUT2D eigenvalue weighted by Crippen LogP contribution is -2.45. The second-order valence-electron chi connectivity index (χ2n) is 3.87. The van der Waals surface area contributed by atoms with Crippen molar-refractivity contribution in [2.45, 2.75) is 32.2 Å². The molecule has 1 amide bonds. The fourth-order valence-electron chi connectivity index (χ4n) is 1.83. The van der Waals surface area contributed by atoms with E-state index in [1.807, 2.05) is 6.92 Å². The van der Waals surface area contributed by atoms with Crippen LogP contribution >= 0.6 is 0 Å². The zero-order valence-corrected chi connectivity index (χ0v) is 9.87. The van der Waals surface area contributed by atoms with Gasteiger partial charge in [-0.25, -0.2) is 4.79 Å². The normalized spacial score (nSPS) is 16.9. The zero-order chi connectivity index (χ0) is 11.8. The van der Waals surface area contributed by atoms with Crippen molar-refractivity contribution >= 4 is 6.09 Å². The van der Waals surface area contributed by atoms with Crippen LogP contribution in [0.4, 0.5) is 4.79 Å². The molecule has 16 heavy (non-hydrogen) atoms. The molecule has 0 radical (unpaired) electrons. The number of hydrogen-bond donors (Lipinski definition) is 1. The van der Waals surface area contributed by atoms with E-state index in [0.29, 0.717) is 12.6 Å². The van der Waals surface area contributed by atoms with Crippen molar-refractivity contribution in [1.82, 2.24) is 10.2 Å². The van der Waals surface area contributed by atoms with Gasteiger partial charge >= 0.3 is 6.09 Å². The predicted molar refractivity (Wildman–Crippen MR) is 63.1 cm³/mol. The maximum atomic E-state index is 11.4. The summed E-state index contributed by atoms with van der Waals surface area (Å²) in [5, 5.41) is 3.39. The van der Waals surface area contributed by atoms with E-state index in [4.69, 9.17) is 11.2 Å². The number of rotatable bonds is 4. The Morgan fingerprint density at radius 1 is 1.56 bits per heavy atom. The summed E-state index contributed by atoms with van der Waals surface area (Å²) in [6, 6.07) is 0.485. The van der Waals surface area contributed by atoms with Crippen molar-refractivity contribution in [2.24, 2.45) is 0 Å². The summed E-state index contributed by atoms with van der Waals surface area (Å²) >= 11 is 0. The topological polar surface area (TPSA) is 41.6 Å². The fourth-order valence-corrected chi connectivity index (χ4v) is 1.83. The first-order valence-corrected chi connectivity index (χ1v) is 5.86. The number of likely N-dealkylation sites (tertiary alicyclic amines) is 1. The van der Waals surface area contributed by atoms with E-state index in [9.17, 15) is 4.79 Å². The summed E-state index contributed by atoms with van der Waals surface area (Å²) in [6.07, 6.45) is 7.70. The van der Waals surface area contributed by atoms with Crippen LogP contribution in [0.3, 0.4) is 0 Å². The van der Waals surface area contributed by atoms with Gasteiger partial charge in [0.25, 0.3) is 0 Å². The van der Waals surface area contributed by atoms with Crippen LogP contribution in [0.15, 0.2) is 0 Å². The third-order valence-corrected chi connectivity index (χ3v) is 2.72. The Labute approximate surface area is 97.3 Å². The lowest BCUT2D eigenvalue weighted by molar-refractivity contribution is 0.0952. The maximum absolute atomic E-state index is 11.4. The molecule has 0 unspecified atom stereocenters. The highest BCUT2D eigenvalue weighted by molar-refractivity contribution is 5.67. The molecule has 4 heteroatoms. The van der Waals surface area contributed by atoms with Crippen molar-refractivity contribution in [1.29, 1.82) is 0 Å². The van der Waals surface area contributed by atoms with Crippen molar-refractivity contribution in [3.05, 3.63) is 0 Å². The van der Waals surface area contributed by atoms with E-state index in [1.165, 1.54) is 0 Å². The molecule has 0 atom stereocenters. The molecule has 0 aromatic rings. The third-order valence-electron chi connectivity index (χ3n) is 2.72. The predicted octanol–water partition coefficient (Wildman–Crippen LogP) is 1.22. The highest BCUT2D eigenvalue weighted by Gasteiger charge is 2.22. The number of ether oxygens (including phenoxy) is 1. The highest BCUT2D eigenvalue weighted by Crippen LogP contribution is 2.11. The second-order valence-corrected chi connectivity index (χ2v) is 3.87. The second kappa shape index (κ2) is 7.13. The van der Waals surface area contributed by atoms with Gasteiger partial charge in [-0.2, -0.15) is 0 Å². The van der Waals surface area contributed by atoms with Crippen LogP contribution in [-0.4, -0.2) is 43.3 Å². The Morgan fingerprint density at radius 3 is 2.81 bits per heavy atom. The van der Waals surface area contributed by atoms with Crippen LogP contribution in [0.5, 0.6) is 0 Å². The van der Waals surface area contributed by atoms with Gasteiger partial charge in [0, 0.05) is 32.1 Å². The summed E-state index contributed by atoms with van der Waals surface area (Å²) in [7, 11) is 0. The lowest BCUT2D eigenvalue weighted by Gasteiger charge is -2.31. The Hall–Kier alpha value is -1.21. The minimum Gasteiger partial charge on any atom is -0.450 e. The fraction of sp³-hybridized carbons (Fsp3) is 0.750. The third kappa shape index (κ3) is 4.11. The number of carbonyl (C=O) groups excluding carboxylic acids is 1. The molecule has 0 aliphatic carbocycles. The molecule has 4 nitrogen and oxygen atoms in total. The lowest BCUT2D eigenvalue weighted by atomic mass is 10.1. The molecular formula is C12H20N2O2. The quantitative estimate of drug-likeness (QED) is 0.576. The van der Waals surface area contributed by atoms with Gasteiger partial charge in [-0.3, -0.25) is 0 Å². The molecule has 1 N–H and O–H groups in total. The standard InChI is InChI=1S/C12H20N2O2/c1-3-5-8-13-11-6-9-14(10-7-11)12(15)16-4-2/h1,11,13H,4-10H2,2H3. The van der Waals surface area contributed by atoms with Gasteiger partial charge in [0.2, 0.25) is 0 Å². The number of nitrogens with zero attached hydrogens (tertiary/aromatic N) is 1. The number of nitrogens with one attached hydrogen (secondary N) is 1. The van der Waals surface area contributed by atoms with Gasteiger partial charge in [-0.1, -0.05) is 0 Å². The van der Waals surface area contributed by atoms with Gasteiger partial charge in [0.1, 0.15) is 0 Å². The Bertz CT molecular complexity index is 252. The first-order valence-electron chi connectivity index (χ1n) is 5.86. The molecule has 0 saturated carbocycles. The van der Waals surface area contributed by atoms with Crippen molar-refractivity contribution < 1.29 is 9.53 Å². The summed E-state index contributed by atoms with van der Waals surface area (Å²) in [6.45, 7) is 4.67. The molecule has 1 aliphatic rings. The van der Waals surface area contributed by atoms with Crippen LogP contribution < -0.4 is 5.32 Å². The van der Waals surface area contributed by atoms with E-state index in [-0.39, 0.29) is 6.09 Å². The summed E-state index contributed by atoms with van der Waals surface area (Å²) < 4.78 is 4.96. The van der Waals surface area contributed by atoms with Crippen LogP contribution in [-0.2, 0) is 4.74 Å². The number of amides is 1. The van der Waals surface area contributed by atoms with Gasteiger partial charge in [-0.15, -0.1) is 12.3 Å². The Kier molecular flexibility index (Phi) is 5.73. The molecule has 1 heterocycles. The van der Waals surface area contributed by atoms with Gasteiger partial charge < -0.3 is 15.0 Å². The average Bonchev–Trinajstić information content (AvgIpc) is 2.30. The van der Waals surface area contributed by atoms with Crippen LogP contribution in [0, 0.1) is 12.3 Å². The number of carbonyl (C=O) groups is 1.